The number of rotatable bonds is 9. The Labute approximate surface area is 195 Å². The van der Waals surface area contributed by atoms with Crippen molar-refractivity contribution in [2.45, 2.75) is 20.0 Å². The van der Waals surface area contributed by atoms with Crippen LogP contribution in [-0.2, 0) is 9.47 Å². The third-order valence-corrected chi connectivity index (χ3v) is 5.43. The van der Waals surface area contributed by atoms with E-state index in [1.54, 1.807) is 20.2 Å². The molecule has 3 rings (SSSR count). The van der Waals surface area contributed by atoms with E-state index in [0.29, 0.717) is 49.2 Å². The Kier molecular flexibility index (Phi) is 8.69. The van der Waals surface area contributed by atoms with Crippen molar-refractivity contribution in [1.29, 1.82) is 0 Å². The Morgan fingerprint density at radius 1 is 1.21 bits per heavy atom. The van der Waals surface area contributed by atoms with Gasteiger partial charge in [0.1, 0.15) is 18.5 Å². The first kappa shape index (κ1) is 24.6. The van der Waals surface area contributed by atoms with Crippen LogP contribution in [0.3, 0.4) is 0 Å². The summed E-state index contributed by atoms with van der Waals surface area (Å²) < 4.78 is 37.4. The smallest absolute Gasteiger partial charge is 0.161 e. The molecule has 5 nitrogen and oxygen atoms in total. The molecule has 0 saturated carbocycles. The van der Waals surface area contributed by atoms with Gasteiger partial charge in [-0.1, -0.05) is 24.3 Å². The maximum Gasteiger partial charge on any atom is 0.161 e. The fourth-order valence-electron chi connectivity index (χ4n) is 3.59. The first-order chi connectivity index (χ1) is 16.0. The number of nitrogens with one attached hydrogen (secondary N) is 1. The van der Waals surface area contributed by atoms with E-state index in [-0.39, 0.29) is 11.9 Å². The summed E-state index contributed by atoms with van der Waals surface area (Å²) in [7, 11) is 3.37. The lowest BCUT2D eigenvalue weighted by atomic mass is 9.94. The van der Waals surface area contributed by atoms with Gasteiger partial charge in [-0.15, -0.1) is 0 Å². The summed E-state index contributed by atoms with van der Waals surface area (Å²) in [5.74, 6) is 0.934. The van der Waals surface area contributed by atoms with E-state index in [0.717, 1.165) is 22.3 Å². The van der Waals surface area contributed by atoms with Gasteiger partial charge in [0.05, 0.1) is 26.9 Å². The Balaban J connectivity index is 1.87. The van der Waals surface area contributed by atoms with Crippen LogP contribution < -0.4 is 14.8 Å². The molecule has 0 aromatic heterocycles. The summed E-state index contributed by atoms with van der Waals surface area (Å²) in [6, 6.07) is 10.8. The molecule has 0 aliphatic carbocycles. The van der Waals surface area contributed by atoms with Crippen LogP contribution in [-0.4, -0.2) is 46.7 Å². The molecule has 0 bridgehead atoms. The standard InChI is InChI=1S/C27H32FNO4/c1-6-19(13-24(18(2)3)23-9-8-21(29-4)15-25(23)28)20-7-10-26(27(14-20)30-5)33-17-22-16-31-11-12-32-22/h6-10,13-15,22,29H,2,11-12,16-17H2,1,3-5H3/b19-6+,24-13+/t22-/m1/s1. The van der Waals surface area contributed by atoms with Gasteiger partial charge < -0.3 is 24.3 Å². The van der Waals surface area contributed by atoms with Gasteiger partial charge in [0.2, 0.25) is 0 Å². The van der Waals surface area contributed by atoms with Crippen molar-refractivity contribution in [1.82, 2.24) is 0 Å². The van der Waals surface area contributed by atoms with Crippen LogP contribution in [0.1, 0.15) is 25.0 Å². The van der Waals surface area contributed by atoms with E-state index in [1.165, 1.54) is 6.07 Å². The highest BCUT2D eigenvalue weighted by atomic mass is 19.1. The largest absolute Gasteiger partial charge is 0.493 e. The van der Waals surface area contributed by atoms with Crippen molar-refractivity contribution in [2.75, 3.05) is 45.9 Å². The molecule has 1 N–H and O–H groups in total. The van der Waals surface area contributed by atoms with Crippen molar-refractivity contribution in [3.8, 4) is 11.5 Å². The molecule has 1 fully saturated rings. The van der Waals surface area contributed by atoms with Crippen molar-refractivity contribution in [3.63, 3.8) is 0 Å². The third-order valence-electron chi connectivity index (χ3n) is 5.43. The van der Waals surface area contributed by atoms with Gasteiger partial charge in [-0.05, 0) is 67.0 Å². The maximum atomic E-state index is 14.8. The minimum absolute atomic E-state index is 0.0977. The van der Waals surface area contributed by atoms with Crippen LogP contribution in [0.2, 0.25) is 0 Å². The minimum Gasteiger partial charge on any atom is -0.493 e. The second-order valence-corrected chi connectivity index (χ2v) is 7.77. The van der Waals surface area contributed by atoms with Crippen molar-refractivity contribution in [3.05, 3.63) is 77.6 Å². The summed E-state index contributed by atoms with van der Waals surface area (Å²) in [5, 5.41) is 2.96. The molecule has 0 radical (unpaired) electrons. The van der Waals surface area contributed by atoms with Gasteiger partial charge >= 0.3 is 0 Å². The van der Waals surface area contributed by atoms with Crippen molar-refractivity contribution in [2.24, 2.45) is 0 Å². The zero-order valence-electron chi connectivity index (χ0n) is 19.7. The predicted molar refractivity (Wildman–Crippen MR) is 131 cm³/mol. The average Bonchev–Trinajstić information content (AvgIpc) is 2.84. The number of halogens is 1. The van der Waals surface area contributed by atoms with Gasteiger partial charge in [-0.25, -0.2) is 4.39 Å². The SMILES string of the molecule is C=C(C)/C(=C\C(=C/C)c1ccc(OC[C@H]2COCCO2)c(OC)c1)c1ccc(NC)cc1F. The summed E-state index contributed by atoms with van der Waals surface area (Å²) in [6.45, 7) is 9.98. The van der Waals surface area contributed by atoms with Gasteiger partial charge in [0, 0.05) is 18.3 Å². The lowest BCUT2D eigenvalue weighted by Gasteiger charge is -2.23. The maximum absolute atomic E-state index is 14.8. The van der Waals surface area contributed by atoms with Crippen LogP contribution in [0.25, 0.3) is 11.1 Å². The zero-order chi connectivity index (χ0) is 23.8. The predicted octanol–water partition coefficient (Wildman–Crippen LogP) is 5.73. The van der Waals surface area contributed by atoms with E-state index in [1.807, 2.05) is 50.3 Å². The lowest BCUT2D eigenvalue weighted by molar-refractivity contribution is -0.101. The molecule has 0 spiro atoms. The number of ether oxygens (including phenoxy) is 4. The Morgan fingerprint density at radius 3 is 2.64 bits per heavy atom. The van der Waals surface area contributed by atoms with Crippen LogP contribution in [0.4, 0.5) is 10.1 Å². The van der Waals surface area contributed by atoms with Crippen molar-refractivity contribution >= 4 is 16.8 Å². The second-order valence-electron chi connectivity index (χ2n) is 7.77. The highest BCUT2D eigenvalue weighted by molar-refractivity contribution is 5.90. The van der Waals surface area contributed by atoms with Crippen LogP contribution in [0.15, 0.2) is 60.7 Å². The zero-order valence-corrected chi connectivity index (χ0v) is 19.7. The summed E-state index contributed by atoms with van der Waals surface area (Å²) in [5.41, 5.74) is 4.56. The number of benzene rings is 2. The molecule has 1 saturated heterocycles. The summed E-state index contributed by atoms with van der Waals surface area (Å²) >= 11 is 0. The molecule has 1 heterocycles. The van der Waals surface area contributed by atoms with E-state index < -0.39 is 0 Å². The van der Waals surface area contributed by atoms with Gasteiger partial charge in [0.15, 0.2) is 11.5 Å². The van der Waals surface area contributed by atoms with E-state index in [4.69, 9.17) is 18.9 Å². The molecule has 1 aliphatic heterocycles. The highest BCUT2D eigenvalue weighted by Gasteiger charge is 2.17. The minimum atomic E-state index is -0.304. The first-order valence-corrected chi connectivity index (χ1v) is 11.0. The third kappa shape index (κ3) is 6.24. The van der Waals surface area contributed by atoms with Crippen LogP contribution in [0.5, 0.6) is 11.5 Å². The molecular formula is C27H32FNO4. The normalized spacial score (nSPS) is 16.9. The summed E-state index contributed by atoms with van der Waals surface area (Å²) in [4.78, 5) is 0. The Morgan fingerprint density at radius 2 is 2.03 bits per heavy atom. The molecule has 176 valence electrons. The van der Waals surface area contributed by atoms with Crippen LogP contribution >= 0.6 is 0 Å². The van der Waals surface area contributed by atoms with Crippen molar-refractivity contribution < 1.29 is 23.3 Å². The average molecular weight is 454 g/mol. The van der Waals surface area contributed by atoms with Gasteiger partial charge in [-0.2, -0.15) is 0 Å². The lowest BCUT2D eigenvalue weighted by Crippen LogP contribution is -2.33. The molecule has 1 aliphatic rings. The molecule has 0 unspecified atom stereocenters. The molecule has 1 atom stereocenters. The Hall–Kier alpha value is -3.09. The fourth-order valence-corrected chi connectivity index (χ4v) is 3.59. The highest BCUT2D eigenvalue weighted by Crippen LogP contribution is 2.34. The molecule has 2 aromatic rings. The molecule has 33 heavy (non-hydrogen) atoms. The van der Waals surface area contributed by atoms with E-state index >= 15 is 0 Å². The van der Waals surface area contributed by atoms with Gasteiger partial charge in [0.25, 0.3) is 0 Å². The van der Waals surface area contributed by atoms with Crippen LogP contribution in [0, 0.1) is 5.82 Å². The first-order valence-electron chi connectivity index (χ1n) is 11.0. The molecule has 2 aromatic carbocycles. The fraction of sp³-hybridized carbons (Fsp3) is 0.333. The number of allylic oxidation sites excluding steroid dienone is 5. The quantitative estimate of drug-likeness (QED) is 0.491. The molecule has 0 amide bonds. The second kappa shape index (κ2) is 11.7. The van der Waals surface area contributed by atoms with E-state index in [2.05, 4.69) is 11.9 Å². The summed E-state index contributed by atoms with van der Waals surface area (Å²) in [6.07, 6.45) is 3.83. The number of anilines is 1. The molecular weight excluding hydrogens is 421 g/mol. The Bertz CT molecular complexity index is 1040. The van der Waals surface area contributed by atoms with Gasteiger partial charge in [-0.3, -0.25) is 0 Å². The number of hydrogen-bond acceptors (Lipinski definition) is 5. The monoisotopic (exact) mass is 453 g/mol. The topological polar surface area (TPSA) is 49.0 Å². The van der Waals surface area contributed by atoms with E-state index in [9.17, 15) is 4.39 Å². The number of methoxy groups -OCH3 is 1. The number of hydrogen-bond donors (Lipinski definition) is 1. The molecule has 6 heteroatoms.